The van der Waals surface area contributed by atoms with Gasteiger partial charge in [0.15, 0.2) is 0 Å². The van der Waals surface area contributed by atoms with Crippen LogP contribution in [0.1, 0.15) is 13.8 Å². The monoisotopic (exact) mass is 153 g/mol. The second-order valence-corrected chi connectivity index (χ2v) is 2.60. The summed E-state index contributed by atoms with van der Waals surface area (Å²) < 4.78 is 0. The Labute approximate surface area is 64.6 Å². The third-order valence-electron chi connectivity index (χ3n) is 1.17. The van der Waals surface area contributed by atoms with E-state index in [4.69, 9.17) is 0 Å². The fraction of sp³-hybridized carbons (Fsp3) is 0.429. The van der Waals surface area contributed by atoms with Gasteiger partial charge in [-0.1, -0.05) is 0 Å². The molecule has 4 heteroatoms. The molecule has 0 saturated carbocycles. The summed E-state index contributed by atoms with van der Waals surface area (Å²) in [5.74, 6) is 0. The average molecular weight is 153 g/mol. The van der Waals surface area contributed by atoms with Gasteiger partial charge in [-0.25, -0.2) is 5.10 Å². The van der Waals surface area contributed by atoms with Crippen molar-refractivity contribution in [3.05, 3.63) is 22.6 Å². The first kappa shape index (κ1) is 7.78. The molecule has 2 N–H and O–H groups in total. The van der Waals surface area contributed by atoms with Gasteiger partial charge in [-0.2, -0.15) is 5.10 Å². The first-order valence-corrected chi connectivity index (χ1v) is 3.50. The van der Waals surface area contributed by atoms with E-state index in [0.29, 0.717) is 5.69 Å². The van der Waals surface area contributed by atoms with Crippen molar-refractivity contribution in [1.82, 2.24) is 10.2 Å². The van der Waals surface area contributed by atoms with Crippen LogP contribution in [0.25, 0.3) is 0 Å². The topological polar surface area (TPSA) is 57.8 Å². The highest BCUT2D eigenvalue weighted by molar-refractivity contribution is 5.39. The largest absolute Gasteiger partial charge is 0.378 e. The molecule has 0 radical (unpaired) electrons. The van der Waals surface area contributed by atoms with E-state index in [1.165, 1.54) is 0 Å². The molecule has 1 rings (SSSR count). The lowest BCUT2D eigenvalue weighted by molar-refractivity contribution is 0.884. The Morgan fingerprint density at radius 1 is 1.64 bits per heavy atom. The lowest BCUT2D eigenvalue weighted by atomic mass is 10.3. The van der Waals surface area contributed by atoms with Crippen LogP contribution < -0.4 is 10.9 Å². The number of hydrogen-bond acceptors (Lipinski definition) is 3. The van der Waals surface area contributed by atoms with Crippen LogP contribution in [0, 0.1) is 0 Å². The number of nitrogens with zero attached hydrogens (tertiary/aromatic N) is 1. The number of aromatic nitrogens is 2. The highest BCUT2D eigenvalue weighted by Crippen LogP contribution is 1.96. The second kappa shape index (κ2) is 3.18. The van der Waals surface area contributed by atoms with Gasteiger partial charge in [-0.15, -0.1) is 0 Å². The van der Waals surface area contributed by atoms with Gasteiger partial charge in [-0.05, 0) is 19.9 Å². The van der Waals surface area contributed by atoms with Crippen LogP contribution in [0.4, 0.5) is 5.69 Å². The molecule has 0 aromatic carbocycles. The minimum Gasteiger partial charge on any atom is -0.378 e. The zero-order valence-corrected chi connectivity index (χ0v) is 6.59. The number of anilines is 1. The van der Waals surface area contributed by atoms with Crippen LogP contribution in [0.2, 0.25) is 0 Å². The molecule has 0 unspecified atom stereocenters. The van der Waals surface area contributed by atoms with Crippen LogP contribution in [0.15, 0.2) is 17.1 Å². The van der Waals surface area contributed by atoms with Crippen molar-refractivity contribution in [1.29, 1.82) is 0 Å². The normalized spacial score (nSPS) is 10.1. The Morgan fingerprint density at radius 3 is 2.91 bits per heavy atom. The summed E-state index contributed by atoms with van der Waals surface area (Å²) >= 11 is 0. The molecule has 0 aliphatic rings. The molecule has 1 aromatic rings. The minimum absolute atomic E-state index is 0.179. The van der Waals surface area contributed by atoms with Crippen LogP contribution >= 0.6 is 0 Å². The van der Waals surface area contributed by atoms with Crippen molar-refractivity contribution in [2.45, 2.75) is 19.9 Å². The molecule has 0 atom stereocenters. The standard InChI is InChI=1S/C7H11N3O/c1-5(2)9-6-3-4-8-10-7(6)11/h3-5H,1-2H3,(H,8,9)(H,10,11). The Morgan fingerprint density at radius 2 is 2.36 bits per heavy atom. The molecule has 0 aliphatic heterocycles. The maximum absolute atomic E-state index is 11.0. The van der Waals surface area contributed by atoms with Crippen LogP contribution in [0.3, 0.4) is 0 Å². The first-order chi connectivity index (χ1) is 5.20. The Hall–Kier alpha value is -1.32. The molecule has 0 amide bonds. The van der Waals surface area contributed by atoms with Gasteiger partial charge < -0.3 is 5.32 Å². The van der Waals surface area contributed by atoms with E-state index in [2.05, 4.69) is 15.5 Å². The average Bonchev–Trinajstić information content (AvgIpc) is 1.93. The van der Waals surface area contributed by atoms with Crippen LogP contribution in [-0.2, 0) is 0 Å². The van der Waals surface area contributed by atoms with E-state index in [9.17, 15) is 4.79 Å². The van der Waals surface area contributed by atoms with Crippen molar-refractivity contribution < 1.29 is 0 Å². The molecule has 60 valence electrons. The third-order valence-corrected chi connectivity index (χ3v) is 1.17. The first-order valence-electron chi connectivity index (χ1n) is 3.50. The van der Waals surface area contributed by atoms with Gasteiger partial charge in [0.2, 0.25) is 0 Å². The third kappa shape index (κ3) is 2.07. The quantitative estimate of drug-likeness (QED) is 0.653. The van der Waals surface area contributed by atoms with Crippen molar-refractivity contribution in [2.75, 3.05) is 5.32 Å². The maximum atomic E-state index is 11.0. The molecule has 1 aromatic heterocycles. The summed E-state index contributed by atoms with van der Waals surface area (Å²) in [4.78, 5) is 11.0. The van der Waals surface area contributed by atoms with Gasteiger partial charge in [-0.3, -0.25) is 4.79 Å². The molecule has 4 nitrogen and oxygen atoms in total. The van der Waals surface area contributed by atoms with E-state index in [0.717, 1.165) is 0 Å². The molecule has 0 bridgehead atoms. The van der Waals surface area contributed by atoms with Gasteiger partial charge in [0.1, 0.15) is 5.69 Å². The molecule has 0 saturated heterocycles. The van der Waals surface area contributed by atoms with Crippen molar-refractivity contribution in [3.63, 3.8) is 0 Å². The van der Waals surface area contributed by atoms with Gasteiger partial charge >= 0.3 is 0 Å². The second-order valence-electron chi connectivity index (χ2n) is 2.60. The van der Waals surface area contributed by atoms with E-state index in [1.807, 2.05) is 13.8 Å². The molecular formula is C7H11N3O. The van der Waals surface area contributed by atoms with E-state index < -0.39 is 0 Å². The smallest absolute Gasteiger partial charge is 0.287 e. The summed E-state index contributed by atoms with van der Waals surface area (Å²) in [5.41, 5.74) is 0.385. The van der Waals surface area contributed by atoms with Gasteiger partial charge in [0.05, 0.1) is 0 Å². The number of rotatable bonds is 2. The van der Waals surface area contributed by atoms with Crippen LogP contribution in [0.5, 0.6) is 0 Å². The summed E-state index contributed by atoms with van der Waals surface area (Å²) in [6.45, 7) is 3.94. The van der Waals surface area contributed by atoms with Crippen molar-refractivity contribution in [2.24, 2.45) is 0 Å². The fourth-order valence-corrected chi connectivity index (χ4v) is 0.768. The number of nitrogens with one attached hydrogen (secondary N) is 2. The molecule has 0 aliphatic carbocycles. The van der Waals surface area contributed by atoms with Crippen molar-refractivity contribution >= 4 is 5.69 Å². The summed E-state index contributed by atoms with van der Waals surface area (Å²) in [5, 5.41) is 8.90. The molecular weight excluding hydrogens is 142 g/mol. The maximum Gasteiger partial charge on any atom is 0.287 e. The predicted octanol–water partition coefficient (Wildman–Crippen LogP) is 0.590. The predicted molar refractivity (Wildman–Crippen MR) is 43.6 cm³/mol. The lowest BCUT2D eigenvalue weighted by Gasteiger charge is -2.06. The molecule has 0 spiro atoms. The zero-order valence-electron chi connectivity index (χ0n) is 6.59. The van der Waals surface area contributed by atoms with E-state index in [1.54, 1.807) is 12.3 Å². The molecule has 11 heavy (non-hydrogen) atoms. The van der Waals surface area contributed by atoms with Gasteiger partial charge in [0.25, 0.3) is 5.56 Å². The highest BCUT2D eigenvalue weighted by atomic mass is 16.1. The Kier molecular flexibility index (Phi) is 2.25. The lowest BCUT2D eigenvalue weighted by Crippen LogP contribution is -2.19. The van der Waals surface area contributed by atoms with E-state index in [-0.39, 0.29) is 11.6 Å². The highest BCUT2D eigenvalue weighted by Gasteiger charge is 1.97. The SMILES string of the molecule is CC(C)Nc1ccn[nH]c1=O. The summed E-state index contributed by atoms with van der Waals surface area (Å²) in [6.07, 6.45) is 1.55. The zero-order chi connectivity index (χ0) is 8.27. The fourth-order valence-electron chi connectivity index (χ4n) is 0.768. The minimum atomic E-state index is -0.179. The number of aromatic amines is 1. The molecule has 1 heterocycles. The Bertz CT molecular complexity index is 279. The molecule has 0 fully saturated rings. The van der Waals surface area contributed by atoms with Crippen LogP contribution in [-0.4, -0.2) is 16.2 Å². The van der Waals surface area contributed by atoms with E-state index >= 15 is 0 Å². The number of H-pyrrole nitrogens is 1. The Balaban J connectivity index is 2.87. The van der Waals surface area contributed by atoms with Gasteiger partial charge in [0, 0.05) is 12.2 Å². The summed E-state index contributed by atoms with van der Waals surface area (Å²) in [6, 6.07) is 1.91. The van der Waals surface area contributed by atoms with Crippen molar-refractivity contribution in [3.8, 4) is 0 Å². The number of hydrogen-bond donors (Lipinski definition) is 2. The summed E-state index contributed by atoms with van der Waals surface area (Å²) in [7, 11) is 0.